The molecule has 1 aliphatic rings. The van der Waals surface area contributed by atoms with Gasteiger partial charge < -0.3 is 0 Å². The zero-order valence-corrected chi connectivity index (χ0v) is 12.3. The predicted molar refractivity (Wildman–Crippen MR) is 73.4 cm³/mol. The first-order chi connectivity index (χ1) is 8.90. The van der Waals surface area contributed by atoms with Gasteiger partial charge in [0.25, 0.3) is 0 Å². The van der Waals surface area contributed by atoms with Gasteiger partial charge in [-0.15, -0.1) is 11.6 Å². The zero-order chi connectivity index (χ0) is 14.0. The van der Waals surface area contributed by atoms with Crippen LogP contribution in [-0.4, -0.2) is 19.8 Å². The molecule has 0 aromatic heterocycles. The number of benzene rings is 1. The summed E-state index contributed by atoms with van der Waals surface area (Å²) in [5.41, 5.74) is 0.398. The molecule has 0 bridgehead atoms. The summed E-state index contributed by atoms with van der Waals surface area (Å²) in [5, 5.41) is -0.177. The molecule has 19 heavy (non-hydrogen) atoms. The Bertz CT molecular complexity index is 562. The summed E-state index contributed by atoms with van der Waals surface area (Å²) in [5.74, 6) is -0.440. The number of nitrogens with one attached hydrogen (secondary N) is 1. The quantitative estimate of drug-likeness (QED) is 0.873. The van der Waals surface area contributed by atoms with Gasteiger partial charge in [-0.25, -0.2) is 17.5 Å². The lowest BCUT2D eigenvalue weighted by Gasteiger charge is -2.27. The minimum atomic E-state index is -3.64. The van der Waals surface area contributed by atoms with Crippen LogP contribution in [0.2, 0.25) is 0 Å². The minimum absolute atomic E-state index is 0.114. The highest BCUT2D eigenvalue weighted by atomic mass is 35.5. The van der Waals surface area contributed by atoms with Gasteiger partial charge in [0.2, 0.25) is 10.0 Å². The molecule has 1 fully saturated rings. The van der Waals surface area contributed by atoms with E-state index in [9.17, 15) is 12.8 Å². The zero-order valence-electron chi connectivity index (χ0n) is 10.7. The predicted octanol–water partition coefficient (Wildman–Crippen LogP) is 2.96. The first-order valence-corrected chi connectivity index (χ1v) is 8.24. The molecule has 6 heteroatoms. The highest BCUT2D eigenvalue weighted by Gasteiger charge is 2.28. The van der Waals surface area contributed by atoms with Crippen molar-refractivity contribution in [3.63, 3.8) is 0 Å². The Hall–Kier alpha value is -0.650. The molecule has 2 atom stereocenters. The molecule has 0 radical (unpaired) electrons. The van der Waals surface area contributed by atoms with Gasteiger partial charge in [-0.3, -0.25) is 0 Å². The van der Waals surface area contributed by atoms with E-state index in [0.717, 1.165) is 31.7 Å². The van der Waals surface area contributed by atoms with Crippen molar-refractivity contribution >= 4 is 21.6 Å². The van der Waals surface area contributed by atoms with Crippen LogP contribution in [0.1, 0.15) is 31.2 Å². The molecule has 1 aromatic carbocycles. The van der Waals surface area contributed by atoms with Gasteiger partial charge in [-0.05, 0) is 43.5 Å². The van der Waals surface area contributed by atoms with Gasteiger partial charge in [0.05, 0.1) is 4.90 Å². The molecule has 1 aromatic rings. The van der Waals surface area contributed by atoms with Crippen LogP contribution < -0.4 is 4.72 Å². The number of rotatable bonds is 3. The van der Waals surface area contributed by atoms with Crippen molar-refractivity contribution in [3.8, 4) is 0 Å². The minimum Gasteiger partial charge on any atom is -0.207 e. The number of sulfonamides is 1. The highest BCUT2D eigenvalue weighted by Crippen LogP contribution is 2.25. The van der Waals surface area contributed by atoms with Crippen LogP contribution in [0.15, 0.2) is 23.1 Å². The molecule has 2 rings (SSSR count). The van der Waals surface area contributed by atoms with E-state index in [4.69, 9.17) is 11.6 Å². The smallest absolute Gasteiger partial charge is 0.207 e. The molecule has 0 spiro atoms. The molecule has 0 aliphatic heterocycles. The van der Waals surface area contributed by atoms with Crippen LogP contribution in [-0.2, 0) is 10.0 Å². The normalized spacial score (nSPS) is 24.4. The maximum atomic E-state index is 13.0. The molecule has 3 nitrogen and oxygen atoms in total. The standard InChI is InChI=1S/C13H17ClFNO2S/c1-9-8-10(15)6-7-13(9)19(17,18)16-12-5-3-2-4-11(12)14/h6-8,11-12,16H,2-5H2,1H3. The lowest BCUT2D eigenvalue weighted by Crippen LogP contribution is -2.42. The Morgan fingerprint density at radius 1 is 1.32 bits per heavy atom. The van der Waals surface area contributed by atoms with Crippen LogP contribution in [0, 0.1) is 12.7 Å². The summed E-state index contributed by atoms with van der Waals surface area (Å²) in [7, 11) is -3.64. The van der Waals surface area contributed by atoms with Crippen molar-refractivity contribution in [2.45, 2.75) is 48.9 Å². The first-order valence-electron chi connectivity index (χ1n) is 6.33. The second kappa shape index (κ2) is 5.77. The molecule has 1 N–H and O–H groups in total. The highest BCUT2D eigenvalue weighted by molar-refractivity contribution is 7.89. The number of hydrogen-bond donors (Lipinski definition) is 1. The Morgan fingerprint density at radius 3 is 2.63 bits per heavy atom. The monoisotopic (exact) mass is 305 g/mol. The third-order valence-electron chi connectivity index (χ3n) is 3.41. The van der Waals surface area contributed by atoms with Crippen LogP contribution in [0.3, 0.4) is 0 Å². The SMILES string of the molecule is Cc1cc(F)ccc1S(=O)(=O)NC1CCCCC1Cl. The molecule has 0 heterocycles. The summed E-state index contributed by atoms with van der Waals surface area (Å²) >= 11 is 6.15. The maximum absolute atomic E-state index is 13.0. The van der Waals surface area contributed by atoms with E-state index in [-0.39, 0.29) is 16.3 Å². The second-order valence-electron chi connectivity index (χ2n) is 4.94. The average molecular weight is 306 g/mol. The van der Waals surface area contributed by atoms with Gasteiger partial charge in [-0.1, -0.05) is 12.8 Å². The van der Waals surface area contributed by atoms with E-state index in [2.05, 4.69) is 4.72 Å². The van der Waals surface area contributed by atoms with Gasteiger partial charge in [0.1, 0.15) is 5.82 Å². The van der Waals surface area contributed by atoms with Gasteiger partial charge in [0.15, 0.2) is 0 Å². The third kappa shape index (κ3) is 3.46. The summed E-state index contributed by atoms with van der Waals surface area (Å²) in [4.78, 5) is 0.114. The first kappa shape index (κ1) is 14.8. The summed E-state index contributed by atoms with van der Waals surface area (Å²) < 4.78 is 40.2. The Balaban J connectivity index is 2.22. The van der Waals surface area contributed by atoms with Gasteiger partial charge in [0, 0.05) is 11.4 Å². The number of aryl methyl sites for hydroxylation is 1. The lowest BCUT2D eigenvalue weighted by atomic mass is 9.96. The van der Waals surface area contributed by atoms with Crippen molar-refractivity contribution < 1.29 is 12.8 Å². The summed E-state index contributed by atoms with van der Waals surface area (Å²) in [6, 6.07) is 3.41. The van der Waals surface area contributed by atoms with E-state index >= 15 is 0 Å². The van der Waals surface area contributed by atoms with Crippen LogP contribution in [0.25, 0.3) is 0 Å². The Kier molecular flexibility index (Phi) is 4.48. The molecular formula is C13H17ClFNO2S. The fourth-order valence-corrected chi connectivity index (χ4v) is 4.35. The van der Waals surface area contributed by atoms with Crippen molar-refractivity contribution in [2.24, 2.45) is 0 Å². The average Bonchev–Trinajstić information content (AvgIpc) is 2.31. The van der Waals surface area contributed by atoms with Crippen molar-refractivity contribution in [1.82, 2.24) is 4.72 Å². The van der Waals surface area contributed by atoms with Crippen LogP contribution >= 0.6 is 11.6 Å². The Morgan fingerprint density at radius 2 is 2.00 bits per heavy atom. The number of hydrogen-bond acceptors (Lipinski definition) is 2. The van der Waals surface area contributed by atoms with E-state index in [1.54, 1.807) is 6.92 Å². The van der Waals surface area contributed by atoms with Crippen LogP contribution in [0.4, 0.5) is 4.39 Å². The molecule has 0 saturated heterocycles. The van der Waals surface area contributed by atoms with Crippen molar-refractivity contribution in [3.05, 3.63) is 29.6 Å². The van der Waals surface area contributed by atoms with Gasteiger partial charge >= 0.3 is 0 Å². The van der Waals surface area contributed by atoms with Crippen LogP contribution in [0.5, 0.6) is 0 Å². The number of alkyl halides is 1. The summed E-state index contributed by atoms with van der Waals surface area (Å²) in [6.45, 7) is 1.58. The van der Waals surface area contributed by atoms with Crippen molar-refractivity contribution in [1.29, 1.82) is 0 Å². The third-order valence-corrected chi connectivity index (χ3v) is 5.59. The van der Waals surface area contributed by atoms with E-state index in [0.29, 0.717) is 5.56 Å². The van der Waals surface area contributed by atoms with E-state index < -0.39 is 15.8 Å². The molecule has 0 amide bonds. The largest absolute Gasteiger partial charge is 0.241 e. The lowest BCUT2D eigenvalue weighted by molar-refractivity contribution is 0.418. The van der Waals surface area contributed by atoms with Crippen molar-refractivity contribution in [2.75, 3.05) is 0 Å². The summed E-state index contributed by atoms with van der Waals surface area (Å²) in [6.07, 6.45) is 3.56. The van der Waals surface area contributed by atoms with E-state index in [1.807, 2.05) is 0 Å². The number of halogens is 2. The molecule has 1 saturated carbocycles. The molecule has 2 unspecified atom stereocenters. The fraction of sp³-hybridized carbons (Fsp3) is 0.538. The topological polar surface area (TPSA) is 46.2 Å². The molecule has 1 aliphatic carbocycles. The fourth-order valence-electron chi connectivity index (χ4n) is 2.40. The maximum Gasteiger partial charge on any atom is 0.241 e. The Labute approximate surface area is 118 Å². The second-order valence-corrected chi connectivity index (χ2v) is 7.18. The molecule has 106 valence electrons. The van der Waals surface area contributed by atoms with E-state index in [1.165, 1.54) is 12.1 Å². The molecular weight excluding hydrogens is 289 g/mol. The van der Waals surface area contributed by atoms with Gasteiger partial charge in [-0.2, -0.15) is 0 Å².